The first kappa shape index (κ1) is 15.2. The summed E-state index contributed by atoms with van der Waals surface area (Å²) in [5.74, 6) is -1.13. The third-order valence-corrected chi connectivity index (χ3v) is 4.40. The van der Waals surface area contributed by atoms with Gasteiger partial charge in [0, 0.05) is 4.47 Å². The van der Waals surface area contributed by atoms with E-state index in [4.69, 9.17) is 16.3 Å². The summed E-state index contributed by atoms with van der Waals surface area (Å²) < 4.78 is 6.08. The second kappa shape index (κ2) is 5.85. The largest absolute Gasteiger partial charge is 0.496 e. The molecular weight excluding hydrogens is 319 g/mol. The van der Waals surface area contributed by atoms with Crippen molar-refractivity contribution in [3.8, 4) is 5.75 Å². The van der Waals surface area contributed by atoms with Crippen molar-refractivity contribution in [1.29, 1.82) is 0 Å². The molecule has 0 aromatic heterocycles. The normalized spacial score (nSPS) is 10.3. The summed E-state index contributed by atoms with van der Waals surface area (Å²) in [5.41, 5.74) is 2.80. The summed E-state index contributed by atoms with van der Waals surface area (Å²) in [5, 5.41) is 0. The highest BCUT2D eigenvalue weighted by Gasteiger charge is 2.25. The number of hydrogen-bond donors (Lipinski definition) is 0. The van der Waals surface area contributed by atoms with E-state index in [1.165, 1.54) is 7.11 Å². The van der Waals surface area contributed by atoms with Crippen LogP contribution in [-0.4, -0.2) is 24.6 Å². The van der Waals surface area contributed by atoms with Crippen molar-refractivity contribution in [2.45, 2.75) is 20.8 Å². The fourth-order valence-electron chi connectivity index (χ4n) is 1.81. The highest BCUT2D eigenvalue weighted by atomic mass is 79.9. The maximum Gasteiger partial charge on any atom is 0.233 e. The van der Waals surface area contributed by atoms with Crippen molar-refractivity contribution in [1.82, 2.24) is 0 Å². The first-order valence-corrected chi connectivity index (χ1v) is 6.66. The fourth-order valence-corrected chi connectivity index (χ4v) is 2.43. The topological polar surface area (TPSA) is 43.4 Å². The minimum atomic E-state index is -0.631. The molecule has 0 amide bonds. The van der Waals surface area contributed by atoms with Gasteiger partial charge in [0.05, 0.1) is 18.6 Å². The van der Waals surface area contributed by atoms with Crippen molar-refractivity contribution >= 4 is 39.1 Å². The van der Waals surface area contributed by atoms with Gasteiger partial charge in [0.2, 0.25) is 11.6 Å². The van der Waals surface area contributed by atoms with Crippen molar-refractivity contribution < 1.29 is 14.3 Å². The van der Waals surface area contributed by atoms with E-state index in [1.807, 2.05) is 13.8 Å². The summed E-state index contributed by atoms with van der Waals surface area (Å²) in [6.45, 7) is 5.54. The molecule has 0 heterocycles. The van der Waals surface area contributed by atoms with Gasteiger partial charge in [-0.3, -0.25) is 9.59 Å². The average Bonchev–Trinajstić information content (AvgIpc) is 2.38. The Hall–Kier alpha value is -0.870. The Morgan fingerprint density at radius 2 is 1.72 bits per heavy atom. The van der Waals surface area contributed by atoms with Gasteiger partial charge in [-0.2, -0.15) is 0 Å². The van der Waals surface area contributed by atoms with Crippen molar-refractivity contribution in [3.63, 3.8) is 0 Å². The zero-order chi connectivity index (χ0) is 14.0. The number of carbonyl (C=O) groups excluding carboxylic acids is 2. The van der Waals surface area contributed by atoms with Gasteiger partial charge in [0.15, 0.2) is 0 Å². The lowest BCUT2D eigenvalue weighted by Crippen LogP contribution is -2.18. The lowest BCUT2D eigenvalue weighted by molar-refractivity contribution is -0.112. The number of hydrogen-bond acceptors (Lipinski definition) is 3. The molecule has 1 rings (SSSR count). The number of ether oxygens (including phenoxy) is 1. The summed E-state index contributed by atoms with van der Waals surface area (Å²) in [6.07, 6.45) is 0. The summed E-state index contributed by atoms with van der Waals surface area (Å²) in [6, 6.07) is 0. The van der Waals surface area contributed by atoms with Gasteiger partial charge in [-0.1, -0.05) is 15.9 Å². The standard InChI is InChI=1S/C13H14BrClO3/c1-6-7(2)13(18-4)10(8(3)11(6)14)12(17)9(16)5-15/h5H2,1-4H3. The van der Waals surface area contributed by atoms with Crippen LogP contribution in [-0.2, 0) is 4.79 Å². The minimum absolute atomic E-state index is 0.290. The van der Waals surface area contributed by atoms with Crippen LogP contribution in [0.25, 0.3) is 0 Å². The van der Waals surface area contributed by atoms with Crippen LogP contribution in [0.2, 0.25) is 0 Å². The number of halogens is 2. The Morgan fingerprint density at radius 3 is 2.17 bits per heavy atom. The zero-order valence-corrected chi connectivity index (χ0v) is 13.0. The molecule has 0 unspecified atom stereocenters. The maximum atomic E-state index is 12.1. The summed E-state index contributed by atoms with van der Waals surface area (Å²) >= 11 is 8.86. The summed E-state index contributed by atoms with van der Waals surface area (Å²) in [7, 11) is 1.48. The maximum absolute atomic E-state index is 12.1. The lowest BCUT2D eigenvalue weighted by Gasteiger charge is -2.17. The molecule has 18 heavy (non-hydrogen) atoms. The van der Waals surface area contributed by atoms with E-state index in [0.717, 1.165) is 15.6 Å². The van der Waals surface area contributed by atoms with Crippen LogP contribution in [0.15, 0.2) is 4.47 Å². The molecule has 0 aliphatic rings. The number of Topliss-reactive ketones (excluding diaryl/α,β-unsaturated/α-hetero) is 2. The van der Waals surface area contributed by atoms with Gasteiger partial charge in [-0.25, -0.2) is 0 Å². The van der Waals surface area contributed by atoms with Crippen LogP contribution in [0.4, 0.5) is 0 Å². The van der Waals surface area contributed by atoms with Gasteiger partial charge in [0.25, 0.3) is 0 Å². The van der Waals surface area contributed by atoms with Gasteiger partial charge in [0.1, 0.15) is 5.75 Å². The molecule has 0 N–H and O–H groups in total. The molecule has 0 saturated heterocycles. The molecule has 0 atom stereocenters. The van der Waals surface area contributed by atoms with Gasteiger partial charge in [-0.05, 0) is 37.5 Å². The Morgan fingerprint density at radius 1 is 1.17 bits per heavy atom. The van der Waals surface area contributed by atoms with Crippen LogP contribution < -0.4 is 4.74 Å². The zero-order valence-electron chi connectivity index (χ0n) is 10.7. The summed E-state index contributed by atoms with van der Waals surface area (Å²) in [4.78, 5) is 23.5. The van der Waals surface area contributed by atoms with Crippen molar-refractivity contribution in [2.24, 2.45) is 0 Å². The Kier molecular flexibility index (Phi) is 4.93. The van der Waals surface area contributed by atoms with E-state index in [2.05, 4.69) is 15.9 Å². The molecule has 5 heteroatoms. The SMILES string of the molecule is COc1c(C)c(C)c(Br)c(C)c1C(=O)C(=O)CCl. The van der Waals surface area contributed by atoms with Crippen LogP contribution in [0.3, 0.4) is 0 Å². The van der Waals surface area contributed by atoms with Gasteiger partial charge >= 0.3 is 0 Å². The van der Waals surface area contributed by atoms with E-state index >= 15 is 0 Å². The van der Waals surface area contributed by atoms with Crippen LogP contribution in [0.5, 0.6) is 5.75 Å². The first-order valence-electron chi connectivity index (χ1n) is 5.33. The third-order valence-electron chi connectivity index (χ3n) is 2.97. The number of carbonyl (C=O) groups is 2. The highest BCUT2D eigenvalue weighted by molar-refractivity contribution is 9.10. The number of ketones is 2. The van der Waals surface area contributed by atoms with Gasteiger partial charge in [-0.15, -0.1) is 11.6 Å². The molecule has 0 fully saturated rings. The monoisotopic (exact) mass is 332 g/mol. The average molecular weight is 334 g/mol. The minimum Gasteiger partial charge on any atom is -0.496 e. The lowest BCUT2D eigenvalue weighted by atomic mass is 9.95. The number of alkyl halides is 1. The highest BCUT2D eigenvalue weighted by Crippen LogP contribution is 2.36. The van der Waals surface area contributed by atoms with Gasteiger partial charge < -0.3 is 4.74 Å². The molecule has 1 aromatic carbocycles. The predicted molar refractivity (Wildman–Crippen MR) is 75.0 cm³/mol. The first-order chi connectivity index (χ1) is 8.36. The van der Waals surface area contributed by atoms with Crippen LogP contribution in [0.1, 0.15) is 27.0 Å². The number of benzene rings is 1. The third kappa shape index (κ3) is 2.45. The molecule has 0 spiro atoms. The molecule has 0 saturated carbocycles. The van der Waals surface area contributed by atoms with Crippen molar-refractivity contribution in [2.75, 3.05) is 13.0 Å². The van der Waals surface area contributed by atoms with Crippen LogP contribution >= 0.6 is 27.5 Å². The molecule has 0 aliphatic heterocycles. The second-order valence-electron chi connectivity index (χ2n) is 3.98. The fraction of sp³-hybridized carbons (Fsp3) is 0.385. The second-order valence-corrected chi connectivity index (χ2v) is 5.04. The number of methoxy groups -OCH3 is 1. The Bertz CT molecular complexity index is 524. The molecule has 1 aromatic rings. The van der Waals surface area contributed by atoms with E-state index in [0.29, 0.717) is 11.3 Å². The quantitative estimate of drug-likeness (QED) is 0.482. The van der Waals surface area contributed by atoms with Crippen molar-refractivity contribution in [3.05, 3.63) is 26.7 Å². The molecule has 3 nitrogen and oxygen atoms in total. The Balaban J connectivity index is 3.62. The van der Waals surface area contributed by atoms with E-state index in [1.54, 1.807) is 6.92 Å². The molecule has 0 radical (unpaired) electrons. The van der Waals surface area contributed by atoms with E-state index in [-0.39, 0.29) is 11.4 Å². The molecule has 0 bridgehead atoms. The van der Waals surface area contributed by atoms with Crippen LogP contribution in [0, 0.1) is 20.8 Å². The van der Waals surface area contributed by atoms with E-state index < -0.39 is 11.6 Å². The molecule has 98 valence electrons. The smallest absolute Gasteiger partial charge is 0.233 e. The molecule has 0 aliphatic carbocycles. The molecular formula is C13H14BrClO3. The number of rotatable bonds is 4. The Labute approximate surface area is 120 Å². The predicted octanol–water partition coefficient (Wildman–Crippen LogP) is 3.37. The van der Waals surface area contributed by atoms with E-state index in [9.17, 15) is 9.59 Å².